The average molecular weight is 301 g/mol. The normalized spacial score (nSPS) is 11.1. The van der Waals surface area contributed by atoms with E-state index in [1.807, 2.05) is 0 Å². The molecule has 2 amide bonds. The van der Waals surface area contributed by atoms with Gasteiger partial charge in [0.15, 0.2) is 0 Å². The van der Waals surface area contributed by atoms with Crippen LogP contribution in [0, 0.1) is 0 Å². The van der Waals surface area contributed by atoms with Crippen molar-refractivity contribution in [1.29, 1.82) is 0 Å². The topological polar surface area (TPSA) is 89.9 Å². The number of anilines is 1. The van der Waals surface area contributed by atoms with Gasteiger partial charge in [-0.15, -0.1) is 0 Å². The number of urea groups is 1. The molecule has 0 fully saturated rings. The summed E-state index contributed by atoms with van der Waals surface area (Å²) in [5, 5.41) is 20.9. The van der Waals surface area contributed by atoms with Crippen LogP contribution in [0.3, 0.4) is 0 Å². The van der Waals surface area contributed by atoms with Crippen LogP contribution in [0.15, 0.2) is 18.2 Å². The fourth-order valence-corrected chi connectivity index (χ4v) is 1.50. The van der Waals surface area contributed by atoms with Gasteiger partial charge in [-0.05, 0) is 32.0 Å². The molecule has 1 rings (SSSR count). The van der Waals surface area contributed by atoms with Crippen LogP contribution in [0.2, 0.25) is 5.02 Å². The number of aliphatic hydroxyl groups is 1. The van der Waals surface area contributed by atoms with Gasteiger partial charge in [0, 0.05) is 7.05 Å². The van der Waals surface area contributed by atoms with E-state index >= 15 is 0 Å². The fraction of sp³-hybridized carbons (Fsp3) is 0.385. The van der Waals surface area contributed by atoms with E-state index in [0.717, 1.165) is 0 Å². The van der Waals surface area contributed by atoms with Crippen LogP contribution in [0.4, 0.5) is 10.5 Å². The monoisotopic (exact) mass is 300 g/mol. The third-order valence-corrected chi connectivity index (χ3v) is 3.38. The highest BCUT2D eigenvalue weighted by atomic mass is 35.5. The van der Waals surface area contributed by atoms with E-state index < -0.39 is 17.5 Å². The number of nitrogens with one attached hydrogen (secondary N) is 1. The Morgan fingerprint density at radius 1 is 1.40 bits per heavy atom. The van der Waals surface area contributed by atoms with E-state index in [2.05, 4.69) is 5.32 Å². The summed E-state index contributed by atoms with van der Waals surface area (Å²) in [7, 11) is 1.53. The summed E-state index contributed by atoms with van der Waals surface area (Å²) in [4.78, 5) is 24.3. The van der Waals surface area contributed by atoms with Crippen LogP contribution in [-0.2, 0) is 0 Å². The Morgan fingerprint density at radius 3 is 2.50 bits per heavy atom. The largest absolute Gasteiger partial charge is 0.478 e. The van der Waals surface area contributed by atoms with Crippen molar-refractivity contribution in [2.24, 2.45) is 0 Å². The maximum atomic E-state index is 12.0. The molecule has 1 aromatic carbocycles. The summed E-state index contributed by atoms with van der Waals surface area (Å²) in [6.07, 6.45) is 0. The Hall–Kier alpha value is -1.79. The molecule has 0 unspecified atom stereocenters. The molecule has 0 radical (unpaired) electrons. The smallest absolute Gasteiger partial charge is 0.335 e. The predicted molar refractivity (Wildman–Crippen MR) is 76.4 cm³/mol. The number of hydrogen-bond acceptors (Lipinski definition) is 3. The van der Waals surface area contributed by atoms with Gasteiger partial charge in [-0.1, -0.05) is 11.6 Å². The van der Waals surface area contributed by atoms with Gasteiger partial charge in [-0.3, -0.25) is 0 Å². The number of rotatable bonds is 4. The van der Waals surface area contributed by atoms with Crippen molar-refractivity contribution in [2.75, 3.05) is 19.0 Å². The van der Waals surface area contributed by atoms with Crippen molar-refractivity contribution in [3.05, 3.63) is 28.8 Å². The van der Waals surface area contributed by atoms with E-state index in [4.69, 9.17) is 16.7 Å². The number of halogens is 1. The van der Waals surface area contributed by atoms with Gasteiger partial charge in [-0.25, -0.2) is 9.59 Å². The lowest BCUT2D eigenvalue weighted by Gasteiger charge is -2.33. The molecule has 0 heterocycles. The molecule has 20 heavy (non-hydrogen) atoms. The lowest BCUT2D eigenvalue weighted by Crippen LogP contribution is -2.49. The fourth-order valence-electron chi connectivity index (χ4n) is 1.33. The van der Waals surface area contributed by atoms with Crippen molar-refractivity contribution >= 4 is 29.3 Å². The third kappa shape index (κ3) is 3.61. The van der Waals surface area contributed by atoms with Gasteiger partial charge >= 0.3 is 12.0 Å². The van der Waals surface area contributed by atoms with Crippen LogP contribution in [0.1, 0.15) is 24.2 Å². The molecule has 0 spiro atoms. The van der Waals surface area contributed by atoms with Gasteiger partial charge in [0.25, 0.3) is 0 Å². The molecule has 0 atom stereocenters. The van der Waals surface area contributed by atoms with Crippen molar-refractivity contribution in [1.82, 2.24) is 4.90 Å². The number of carboxylic acids is 1. The zero-order chi connectivity index (χ0) is 15.5. The first-order chi connectivity index (χ1) is 9.19. The van der Waals surface area contributed by atoms with Gasteiger partial charge in [0.1, 0.15) is 0 Å². The van der Waals surface area contributed by atoms with E-state index in [-0.39, 0.29) is 22.9 Å². The molecule has 0 aliphatic heterocycles. The van der Waals surface area contributed by atoms with Crippen molar-refractivity contribution in [3.63, 3.8) is 0 Å². The summed E-state index contributed by atoms with van der Waals surface area (Å²) in [6.45, 7) is 3.18. The van der Waals surface area contributed by atoms with Gasteiger partial charge in [-0.2, -0.15) is 0 Å². The minimum Gasteiger partial charge on any atom is -0.478 e. The number of aliphatic hydroxyl groups excluding tert-OH is 1. The first kappa shape index (κ1) is 16.3. The molecule has 0 aliphatic carbocycles. The molecule has 0 saturated heterocycles. The standard InChI is InChI=1S/C13H17ClN2O4/c1-13(2,7-17)16(3)12(20)15-10-6-8(11(18)19)4-5-9(10)14/h4-6,17H,7H2,1-3H3,(H,15,20)(H,18,19). The zero-order valence-corrected chi connectivity index (χ0v) is 12.2. The van der Waals surface area contributed by atoms with Gasteiger partial charge in [0.05, 0.1) is 28.4 Å². The Balaban J connectivity index is 2.96. The van der Waals surface area contributed by atoms with E-state index in [1.54, 1.807) is 13.8 Å². The number of carbonyl (C=O) groups is 2. The Labute approximate surface area is 122 Å². The molecule has 110 valence electrons. The lowest BCUT2D eigenvalue weighted by molar-refractivity contribution is 0.0697. The Kier molecular flexibility index (Phi) is 4.97. The number of amides is 2. The molecule has 6 nitrogen and oxygen atoms in total. The Bertz CT molecular complexity index is 531. The molecule has 0 aromatic heterocycles. The summed E-state index contributed by atoms with van der Waals surface area (Å²) < 4.78 is 0. The van der Waals surface area contributed by atoms with Crippen molar-refractivity contribution in [3.8, 4) is 0 Å². The van der Waals surface area contributed by atoms with Crippen LogP contribution in [-0.4, -0.2) is 46.3 Å². The number of hydrogen-bond donors (Lipinski definition) is 3. The highest BCUT2D eigenvalue weighted by Crippen LogP contribution is 2.24. The van der Waals surface area contributed by atoms with Crippen LogP contribution < -0.4 is 5.32 Å². The van der Waals surface area contributed by atoms with E-state index in [0.29, 0.717) is 0 Å². The number of likely N-dealkylation sites (N-methyl/N-ethyl adjacent to an activating group) is 1. The summed E-state index contributed by atoms with van der Waals surface area (Å²) in [5.41, 5.74) is -0.521. The summed E-state index contributed by atoms with van der Waals surface area (Å²) in [6, 6.07) is 3.54. The SMILES string of the molecule is CN(C(=O)Nc1cc(C(=O)O)ccc1Cl)C(C)(C)CO. The minimum atomic E-state index is -1.11. The summed E-state index contributed by atoms with van der Waals surface area (Å²) in [5.74, 6) is -1.11. The van der Waals surface area contributed by atoms with Crippen LogP contribution in [0.5, 0.6) is 0 Å². The maximum absolute atomic E-state index is 12.0. The molecule has 1 aromatic rings. The number of carbonyl (C=O) groups excluding carboxylic acids is 1. The second-order valence-electron chi connectivity index (χ2n) is 4.96. The maximum Gasteiger partial charge on any atom is 0.335 e. The molecule has 3 N–H and O–H groups in total. The van der Waals surface area contributed by atoms with Crippen LogP contribution in [0.25, 0.3) is 0 Å². The average Bonchev–Trinajstić information content (AvgIpc) is 2.39. The second-order valence-corrected chi connectivity index (χ2v) is 5.37. The lowest BCUT2D eigenvalue weighted by atomic mass is 10.1. The zero-order valence-electron chi connectivity index (χ0n) is 11.5. The molecular weight excluding hydrogens is 284 g/mol. The van der Waals surface area contributed by atoms with Crippen molar-refractivity contribution in [2.45, 2.75) is 19.4 Å². The summed E-state index contributed by atoms with van der Waals surface area (Å²) >= 11 is 5.92. The number of nitrogens with zero attached hydrogens (tertiary/aromatic N) is 1. The predicted octanol–water partition coefficient (Wildman–Crippen LogP) is 2.27. The highest BCUT2D eigenvalue weighted by Gasteiger charge is 2.27. The van der Waals surface area contributed by atoms with Crippen molar-refractivity contribution < 1.29 is 19.8 Å². The number of aromatic carboxylic acids is 1. The Morgan fingerprint density at radius 2 is 2.00 bits per heavy atom. The first-order valence-electron chi connectivity index (χ1n) is 5.87. The van der Waals surface area contributed by atoms with Gasteiger partial charge in [0.2, 0.25) is 0 Å². The molecule has 0 aliphatic rings. The van der Waals surface area contributed by atoms with E-state index in [1.165, 1.54) is 30.1 Å². The quantitative estimate of drug-likeness (QED) is 0.795. The number of carboxylic acid groups (broad SMARTS) is 1. The van der Waals surface area contributed by atoms with Gasteiger partial charge < -0.3 is 20.4 Å². The minimum absolute atomic E-state index is 0.0220. The highest BCUT2D eigenvalue weighted by molar-refractivity contribution is 6.33. The molecule has 0 bridgehead atoms. The second kappa shape index (κ2) is 6.11. The first-order valence-corrected chi connectivity index (χ1v) is 6.25. The molecule has 0 saturated carbocycles. The van der Waals surface area contributed by atoms with Crippen LogP contribution >= 0.6 is 11.6 Å². The third-order valence-electron chi connectivity index (χ3n) is 3.05. The molecule has 7 heteroatoms. The number of benzene rings is 1. The van der Waals surface area contributed by atoms with E-state index in [9.17, 15) is 14.7 Å². The molecular formula is C13H17ClN2O4.